The number of benzene rings is 3. The summed E-state index contributed by atoms with van der Waals surface area (Å²) in [6.45, 7) is 3.14. The highest BCUT2D eigenvalue weighted by Crippen LogP contribution is 2.27. The van der Waals surface area contributed by atoms with Crippen LogP contribution in [0.5, 0.6) is 5.75 Å². The van der Waals surface area contributed by atoms with Crippen LogP contribution in [0.1, 0.15) is 16.7 Å². The topological polar surface area (TPSA) is 59.6 Å². The van der Waals surface area contributed by atoms with Crippen LogP contribution in [-0.2, 0) is 13.2 Å². The van der Waals surface area contributed by atoms with Crippen molar-refractivity contribution in [3.8, 4) is 5.75 Å². The Morgan fingerprint density at radius 2 is 1.85 bits per heavy atom. The number of halogens is 1. The van der Waals surface area contributed by atoms with E-state index >= 15 is 0 Å². The van der Waals surface area contributed by atoms with Crippen LogP contribution in [0.25, 0.3) is 0 Å². The van der Waals surface area contributed by atoms with Crippen molar-refractivity contribution in [3.05, 3.63) is 88.4 Å². The number of nitrogens with zero attached hydrogens (tertiary/aromatic N) is 1. The van der Waals surface area contributed by atoms with Gasteiger partial charge in [0.15, 0.2) is 0 Å². The molecule has 0 spiro atoms. The smallest absolute Gasteiger partial charge is 0.138 e. The Kier molecular flexibility index (Phi) is 6.34. The molecule has 0 aliphatic rings. The summed E-state index contributed by atoms with van der Waals surface area (Å²) in [5.74, 6) is 0.680. The second-order valence-corrected chi connectivity index (χ2v) is 6.58. The van der Waals surface area contributed by atoms with Crippen LogP contribution in [0.15, 0.2) is 71.7 Å². The van der Waals surface area contributed by atoms with Gasteiger partial charge in [0, 0.05) is 12.2 Å². The van der Waals surface area contributed by atoms with Gasteiger partial charge in [0.05, 0.1) is 17.0 Å². The average Bonchev–Trinajstić information content (AvgIpc) is 2.69. The fraction of sp³-hybridized carbons (Fsp3) is 0.136. The number of nitrogens with one attached hydrogen (secondary N) is 1. The Labute approximate surface area is 164 Å². The lowest BCUT2D eigenvalue weighted by atomic mass is 10.1. The Morgan fingerprint density at radius 1 is 1.04 bits per heavy atom. The van der Waals surface area contributed by atoms with Crippen LogP contribution in [0, 0.1) is 6.92 Å². The summed E-state index contributed by atoms with van der Waals surface area (Å²) in [7, 11) is 0. The zero-order valence-corrected chi connectivity index (χ0v) is 15.9. The van der Waals surface area contributed by atoms with Crippen LogP contribution in [-0.4, -0.2) is 6.34 Å². The molecule has 0 saturated heterocycles. The predicted molar refractivity (Wildman–Crippen MR) is 113 cm³/mol. The van der Waals surface area contributed by atoms with E-state index in [1.54, 1.807) is 0 Å². The molecule has 138 valence electrons. The van der Waals surface area contributed by atoms with Crippen LogP contribution in [0.3, 0.4) is 0 Å². The maximum atomic E-state index is 6.38. The number of nitrogens with two attached hydrogens (primary N) is 1. The first-order chi connectivity index (χ1) is 13.2. The molecule has 3 aromatic carbocycles. The number of ether oxygens (including phenoxy) is 1. The van der Waals surface area contributed by atoms with E-state index in [9.17, 15) is 0 Å². The van der Waals surface area contributed by atoms with Crippen LogP contribution in [0.2, 0.25) is 5.02 Å². The van der Waals surface area contributed by atoms with Gasteiger partial charge in [-0.05, 0) is 47.9 Å². The molecule has 3 rings (SSSR count). The van der Waals surface area contributed by atoms with Crippen molar-refractivity contribution in [1.29, 1.82) is 0 Å². The molecule has 0 amide bonds. The Hall–Kier alpha value is -2.98. The molecule has 0 aliphatic carbocycles. The lowest BCUT2D eigenvalue weighted by Crippen LogP contribution is -2.01. The number of aliphatic imine (C=N–C) groups is 1. The summed E-state index contributed by atoms with van der Waals surface area (Å²) in [4.78, 5) is 4.17. The fourth-order valence-electron chi connectivity index (χ4n) is 2.65. The standard InChI is InChI=1S/C22H22ClN3O/c1-16-7-9-19(12-21(16)26-15-24)25-13-18-8-10-22(20(23)11-18)27-14-17-5-3-2-4-6-17/h2-12,15,25H,13-14H2,1H3,(H2,24,26). The van der Waals surface area contributed by atoms with Crippen molar-refractivity contribution in [1.82, 2.24) is 0 Å². The van der Waals surface area contributed by atoms with E-state index < -0.39 is 0 Å². The van der Waals surface area contributed by atoms with Crippen molar-refractivity contribution < 1.29 is 4.74 Å². The third kappa shape index (κ3) is 5.25. The summed E-state index contributed by atoms with van der Waals surface area (Å²) < 4.78 is 5.82. The predicted octanol–water partition coefficient (Wildman–Crippen LogP) is 5.46. The van der Waals surface area contributed by atoms with Crippen molar-refractivity contribution in [3.63, 3.8) is 0 Å². The van der Waals surface area contributed by atoms with Crippen LogP contribution >= 0.6 is 11.6 Å². The SMILES string of the molecule is Cc1ccc(NCc2ccc(OCc3ccccc3)c(Cl)c2)cc1/N=C\N. The summed E-state index contributed by atoms with van der Waals surface area (Å²) in [5.41, 5.74) is 10.5. The second-order valence-electron chi connectivity index (χ2n) is 6.17. The van der Waals surface area contributed by atoms with Gasteiger partial charge in [0.25, 0.3) is 0 Å². The summed E-state index contributed by atoms with van der Waals surface area (Å²) in [6.07, 6.45) is 1.31. The first-order valence-electron chi connectivity index (χ1n) is 8.69. The molecule has 0 radical (unpaired) electrons. The Morgan fingerprint density at radius 3 is 2.59 bits per heavy atom. The van der Waals surface area contributed by atoms with Crippen molar-refractivity contribution in [2.45, 2.75) is 20.1 Å². The zero-order valence-electron chi connectivity index (χ0n) is 15.2. The number of aryl methyl sites for hydroxylation is 1. The molecule has 0 fully saturated rings. The highest BCUT2D eigenvalue weighted by atomic mass is 35.5. The number of rotatable bonds is 7. The van der Waals surface area contributed by atoms with Crippen LogP contribution < -0.4 is 15.8 Å². The largest absolute Gasteiger partial charge is 0.487 e. The second kappa shape index (κ2) is 9.10. The first-order valence-corrected chi connectivity index (χ1v) is 9.07. The number of hydrogen-bond donors (Lipinski definition) is 2. The van der Waals surface area contributed by atoms with Crippen molar-refractivity contribution >= 4 is 29.3 Å². The zero-order chi connectivity index (χ0) is 19.1. The molecule has 0 atom stereocenters. The quantitative estimate of drug-likeness (QED) is 0.423. The van der Waals surface area contributed by atoms with E-state index in [2.05, 4.69) is 10.3 Å². The van der Waals surface area contributed by atoms with Gasteiger partial charge in [-0.3, -0.25) is 0 Å². The molecule has 0 unspecified atom stereocenters. The monoisotopic (exact) mass is 379 g/mol. The fourth-order valence-corrected chi connectivity index (χ4v) is 2.91. The summed E-state index contributed by atoms with van der Waals surface area (Å²) in [5, 5.41) is 3.98. The number of anilines is 1. The van der Waals surface area contributed by atoms with E-state index in [0.29, 0.717) is 23.9 Å². The maximum Gasteiger partial charge on any atom is 0.138 e. The highest BCUT2D eigenvalue weighted by Gasteiger charge is 2.05. The molecule has 3 N–H and O–H groups in total. The van der Waals surface area contributed by atoms with E-state index in [-0.39, 0.29) is 0 Å². The van der Waals surface area contributed by atoms with Crippen molar-refractivity contribution in [2.24, 2.45) is 10.7 Å². The Balaban J connectivity index is 1.61. The van der Waals surface area contributed by atoms with Gasteiger partial charge in [0.1, 0.15) is 12.4 Å². The van der Waals surface area contributed by atoms with Gasteiger partial charge in [-0.25, -0.2) is 4.99 Å². The van der Waals surface area contributed by atoms with Gasteiger partial charge in [-0.1, -0.05) is 54.1 Å². The van der Waals surface area contributed by atoms with E-state index in [1.165, 1.54) is 6.34 Å². The molecular formula is C22H22ClN3O. The summed E-state index contributed by atoms with van der Waals surface area (Å²) in [6, 6.07) is 21.8. The third-order valence-corrected chi connectivity index (χ3v) is 4.45. The molecule has 3 aromatic rings. The number of hydrogen-bond acceptors (Lipinski definition) is 3. The molecule has 5 heteroatoms. The third-order valence-electron chi connectivity index (χ3n) is 4.15. The average molecular weight is 380 g/mol. The minimum Gasteiger partial charge on any atom is -0.487 e. The first kappa shape index (κ1) is 18.8. The van der Waals surface area contributed by atoms with E-state index in [1.807, 2.05) is 73.7 Å². The minimum atomic E-state index is 0.492. The van der Waals surface area contributed by atoms with Crippen molar-refractivity contribution in [2.75, 3.05) is 5.32 Å². The van der Waals surface area contributed by atoms with Gasteiger partial charge in [-0.2, -0.15) is 0 Å². The molecule has 0 aromatic heterocycles. The normalized spacial score (nSPS) is 10.9. The molecule has 0 bridgehead atoms. The summed E-state index contributed by atoms with van der Waals surface area (Å²) >= 11 is 6.38. The van der Waals surface area contributed by atoms with Crippen LogP contribution in [0.4, 0.5) is 11.4 Å². The molecule has 0 saturated carbocycles. The molecule has 4 nitrogen and oxygen atoms in total. The van der Waals surface area contributed by atoms with E-state index in [4.69, 9.17) is 22.1 Å². The van der Waals surface area contributed by atoms with E-state index in [0.717, 1.165) is 28.1 Å². The Bertz CT molecular complexity index is 926. The van der Waals surface area contributed by atoms with Gasteiger partial charge >= 0.3 is 0 Å². The molecule has 27 heavy (non-hydrogen) atoms. The molecule has 0 aliphatic heterocycles. The van der Waals surface area contributed by atoms with Gasteiger partial charge in [0.2, 0.25) is 0 Å². The maximum absolute atomic E-state index is 6.38. The lowest BCUT2D eigenvalue weighted by molar-refractivity contribution is 0.306. The van der Waals surface area contributed by atoms with Gasteiger partial charge in [-0.15, -0.1) is 0 Å². The highest BCUT2D eigenvalue weighted by molar-refractivity contribution is 6.32. The molecular weight excluding hydrogens is 358 g/mol. The van der Waals surface area contributed by atoms with Gasteiger partial charge < -0.3 is 15.8 Å². The lowest BCUT2D eigenvalue weighted by Gasteiger charge is -2.12. The minimum absolute atomic E-state index is 0.492. The molecule has 0 heterocycles.